The zero-order valence-electron chi connectivity index (χ0n) is 60.7. The molecule has 0 amide bonds. The van der Waals surface area contributed by atoms with Gasteiger partial charge in [-0.1, -0.05) is 279 Å². The van der Waals surface area contributed by atoms with Crippen LogP contribution in [0.25, 0.3) is 200 Å². The molecule has 0 aliphatic rings. The van der Waals surface area contributed by atoms with Crippen LogP contribution in [-0.4, -0.2) is 43.2 Å². The number of hydrogen-bond donors (Lipinski definition) is 0. The second-order valence-electron chi connectivity index (χ2n) is 28.3. The smallest absolute Gasteiger partial charge is 0.164 e. The van der Waals surface area contributed by atoms with E-state index in [9.17, 15) is 0 Å². The molecule has 0 radical (unpaired) electrons. The summed E-state index contributed by atoms with van der Waals surface area (Å²) in [6.45, 7) is 0. The Labute approximate surface area is 645 Å². The fourth-order valence-electron chi connectivity index (χ4n) is 16.4. The molecule has 0 saturated carbocycles. The van der Waals surface area contributed by atoms with Gasteiger partial charge in [0, 0.05) is 99.2 Å². The zero-order valence-corrected chi connectivity index (χ0v) is 60.7. The molecule has 0 bridgehead atoms. The van der Waals surface area contributed by atoms with Gasteiger partial charge in [0.2, 0.25) is 0 Å². The SMILES string of the molecule is c1ccc(-c2cc(-c3ccc4c5cc(-c6ccc7c(c6)c6ccccc6n7-c6ccccc6)ccc5n(-c5ccccc5)c4c3)nc(-c3ccccc3)n2)cc1.c1ccc(-c2nc(-c3ccccc3)nc(-c3ccc4c5cc(-c6ccc7c(c6)c6ccccc6n7-c6ccccc6)ccc5n(-c5ccccc5)c4c3)n2)cc1. The quantitative estimate of drug-likeness (QED) is 0.122. The summed E-state index contributed by atoms with van der Waals surface area (Å²) in [4.78, 5) is 25.2. The molecule has 0 fully saturated rings. The van der Waals surface area contributed by atoms with Crippen molar-refractivity contribution in [2.24, 2.45) is 0 Å². The summed E-state index contributed by atoms with van der Waals surface area (Å²) in [5, 5.41) is 9.72. The Morgan fingerprint density at radius 3 is 0.732 bits per heavy atom. The highest BCUT2D eigenvalue weighted by Crippen LogP contribution is 2.43. The van der Waals surface area contributed by atoms with Crippen LogP contribution in [0, 0.1) is 0 Å². The summed E-state index contributed by atoms with van der Waals surface area (Å²) >= 11 is 0. The highest BCUT2D eigenvalue weighted by atomic mass is 15.0. The van der Waals surface area contributed by atoms with Gasteiger partial charge in [-0.2, -0.15) is 0 Å². The molecular weight excluding hydrogens is 1360 g/mol. The van der Waals surface area contributed by atoms with Crippen LogP contribution < -0.4 is 0 Å². The zero-order chi connectivity index (χ0) is 74.0. The molecule has 0 saturated heterocycles. The van der Waals surface area contributed by atoms with Crippen LogP contribution in [0.2, 0.25) is 0 Å². The van der Waals surface area contributed by atoms with Crippen molar-refractivity contribution in [1.82, 2.24) is 43.2 Å². The monoisotopic (exact) mass is 1430 g/mol. The first kappa shape index (κ1) is 65.1. The Morgan fingerprint density at radius 1 is 0.134 bits per heavy atom. The maximum atomic E-state index is 5.16. The Morgan fingerprint density at radius 2 is 0.375 bits per heavy atom. The van der Waals surface area contributed by atoms with E-state index >= 15 is 0 Å². The summed E-state index contributed by atoms with van der Waals surface area (Å²) in [6, 6.07) is 144. The topological polar surface area (TPSA) is 84.2 Å². The van der Waals surface area contributed by atoms with E-state index in [0.717, 1.165) is 95.0 Å². The second kappa shape index (κ2) is 27.5. The van der Waals surface area contributed by atoms with Crippen molar-refractivity contribution in [2.45, 2.75) is 0 Å². The number of hydrogen-bond acceptors (Lipinski definition) is 5. The molecule has 22 rings (SSSR count). The minimum atomic E-state index is 0.633. The van der Waals surface area contributed by atoms with Crippen LogP contribution in [0.15, 0.2) is 406 Å². The Hall–Kier alpha value is -15.2. The lowest BCUT2D eigenvalue weighted by Gasteiger charge is -2.11. The van der Waals surface area contributed by atoms with Crippen LogP contribution in [-0.2, 0) is 0 Å². The van der Waals surface area contributed by atoms with E-state index in [1.54, 1.807) is 0 Å². The maximum Gasteiger partial charge on any atom is 0.164 e. The predicted octanol–water partition coefficient (Wildman–Crippen LogP) is 26.1. The largest absolute Gasteiger partial charge is 0.309 e. The van der Waals surface area contributed by atoms with Gasteiger partial charge >= 0.3 is 0 Å². The molecule has 0 atom stereocenters. The molecule has 6 aromatic heterocycles. The molecule has 0 aliphatic heterocycles. The van der Waals surface area contributed by atoms with Crippen molar-refractivity contribution < 1.29 is 0 Å². The van der Waals surface area contributed by atoms with Crippen molar-refractivity contribution in [3.63, 3.8) is 0 Å². The minimum absolute atomic E-state index is 0.633. The highest BCUT2D eigenvalue weighted by molar-refractivity contribution is 6.15. The molecule has 16 aromatic carbocycles. The number of rotatable bonds is 12. The van der Waals surface area contributed by atoms with E-state index in [1.165, 1.54) is 82.0 Å². The van der Waals surface area contributed by atoms with Gasteiger partial charge in [0.15, 0.2) is 23.3 Å². The summed E-state index contributed by atoms with van der Waals surface area (Å²) in [6.07, 6.45) is 0. The van der Waals surface area contributed by atoms with E-state index in [0.29, 0.717) is 23.3 Å². The van der Waals surface area contributed by atoms with E-state index in [2.05, 4.69) is 340 Å². The third-order valence-electron chi connectivity index (χ3n) is 21.7. The minimum Gasteiger partial charge on any atom is -0.309 e. The normalized spacial score (nSPS) is 11.6. The number of nitrogens with zero attached hydrogens (tertiary/aromatic N) is 9. The van der Waals surface area contributed by atoms with Crippen molar-refractivity contribution in [2.75, 3.05) is 0 Å². The summed E-state index contributed by atoms with van der Waals surface area (Å²) < 4.78 is 9.46. The number of fused-ring (bicyclic) bond motifs is 12. The summed E-state index contributed by atoms with van der Waals surface area (Å²) in [5.74, 6) is 2.63. The molecule has 0 aliphatic carbocycles. The van der Waals surface area contributed by atoms with Crippen molar-refractivity contribution >= 4 is 87.2 Å². The lowest BCUT2D eigenvalue weighted by Crippen LogP contribution is -2.00. The van der Waals surface area contributed by atoms with E-state index in [1.807, 2.05) is 84.9 Å². The average molecular weight is 1430 g/mol. The van der Waals surface area contributed by atoms with Gasteiger partial charge in [-0.15, -0.1) is 0 Å². The van der Waals surface area contributed by atoms with Gasteiger partial charge in [0.1, 0.15) is 0 Å². The van der Waals surface area contributed by atoms with E-state index in [4.69, 9.17) is 24.9 Å². The first-order valence-electron chi connectivity index (χ1n) is 37.9. The Balaban J connectivity index is 0.000000141. The molecular formula is C103H67N9. The highest BCUT2D eigenvalue weighted by Gasteiger charge is 2.22. The van der Waals surface area contributed by atoms with Crippen LogP contribution in [0.5, 0.6) is 0 Å². The molecule has 6 heterocycles. The fraction of sp³-hybridized carbons (Fsp3) is 0. The van der Waals surface area contributed by atoms with Crippen LogP contribution >= 0.6 is 0 Å². The average Bonchev–Trinajstić information content (AvgIpc) is 1.60. The number of para-hydroxylation sites is 6. The van der Waals surface area contributed by atoms with Crippen molar-refractivity contribution in [3.05, 3.63) is 406 Å². The molecule has 22 aromatic rings. The van der Waals surface area contributed by atoms with Gasteiger partial charge < -0.3 is 18.3 Å². The van der Waals surface area contributed by atoms with E-state index in [-0.39, 0.29) is 0 Å². The van der Waals surface area contributed by atoms with Gasteiger partial charge in [-0.3, -0.25) is 0 Å². The molecule has 0 unspecified atom stereocenters. The summed E-state index contributed by atoms with van der Waals surface area (Å²) in [5.41, 5.74) is 26.3. The van der Waals surface area contributed by atoms with Crippen molar-refractivity contribution in [3.8, 4) is 113 Å². The molecule has 9 heteroatoms. The van der Waals surface area contributed by atoms with Gasteiger partial charge in [0.05, 0.1) is 55.5 Å². The Bertz CT molecular complexity index is 6770. The molecule has 524 valence electrons. The molecule has 9 nitrogen and oxygen atoms in total. The van der Waals surface area contributed by atoms with Gasteiger partial charge in [-0.25, -0.2) is 24.9 Å². The van der Waals surface area contributed by atoms with Crippen LogP contribution in [0.4, 0.5) is 0 Å². The first-order valence-corrected chi connectivity index (χ1v) is 37.9. The third-order valence-corrected chi connectivity index (χ3v) is 21.7. The molecule has 112 heavy (non-hydrogen) atoms. The van der Waals surface area contributed by atoms with Crippen LogP contribution in [0.3, 0.4) is 0 Å². The number of benzene rings is 16. The predicted molar refractivity (Wildman–Crippen MR) is 463 cm³/mol. The number of aromatic nitrogens is 9. The lowest BCUT2D eigenvalue weighted by atomic mass is 10.00. The Kier molecular flexibility index (Phi) is 16.0. The molecule has 0 N–H and O–H groups in total. The van der Waals surface area contributed by atoms with Gasteiger partial charge in [0.25, 0.3) is 0 Å². The van der Waals surface area contributed by atoms with Gasteiger partial charge in [-0.05, 0) is 150 Å². The van der Waals surface area contributed by atoms with Crippen LogP contribution in [0.1, 0.15) is 0 Å². The second-order valence-corrected chi connectivity index (χ2v) is 28.3. The maximum absolute atomic E-state index is 5.16. The third kappa shape index (κ3) is 11.5. The first-order chi connectivity index (χ1) is 55.5. The fourth-order valence-corrected chi connectivity index (χ4v) is 16.4. The lowest BCUT2D eigenvalue weighted by molar-refractivity contribution is 1.07. The standard InChI is InChI=1S/C52H34N4.C51H33N5/c1-5-15-35(16-6-1)46-34-47(54-52(53-46)36-17-7-2-8-18-36)39-25-28-43-45-32-38(27-30-50(45)56(51(43)33-39)41-21-11-4-12-22-41)37-26-29-49-44(31-37)42-23-13-14-24-48(42)55(49)40-19-9-3-10-20-40;1-5-15-34(16-6-1)49-52-50(35-17-7-2-8-18-35)54-51(53-49)38-25-28-42-44-32-37(27-30-47(44)56(48(42)33-38)40-21-11-4-12-22-40)36-26-29-46-43(31-36)41-23-13-14-24-45(41)55(46)39-19-9-3-10-20-39/h1-34H;1-33H. The van der Waals surface area contributed by atoms with E-state index < -0.39 is 0 Å². The molecule has 0 spiro atoms. The summed E-state index contributed by atoms with van der Waals surface area (Å²) in [7, 11) is 0. The van der Waals surface area contributed by atoms with Crippen molar-refractivity contribution in [1.29, 1.82) is 0 Å².